The Kier molecular flexibility index (Phi) is 4.11. The van der Waals surface area contributed by atoms with Crippen LogP contribution in [0.15, 0.2) is 21.5 Å². The Bertz CT molecular complexity index is 686. The van der Waals surface area contributed by atoms with Crippen LogP contribution in [0.25, 0.3) is 0 Å². The number of hydrogen-bond donors (Lipinski definition) is 1. The molecule has 0 radical (unpaired) electrons. The molecule has 5 nitrogen and oxygen atoms in total. The predicted molar refractivity (Wildman–Crippen MR) is 73.2 cm³/mol. The van der Waals surface area contributed by atoms with Crippen molar-refractivity contribution in [3.8, 4) is 0 Å². The lowest BCUT2D eigenvalue weighted by molar-refractivity contribution is -0.146. The molecule has 9 heteroatoms. The molecule has 1 atom stereocenters. The van der Waals surface area contributed by atoms with Crippen molar-refractivity contribution in [3.05, 3.63) is 28.2 Å². The first-order valence-corrected chi connectivity index (χ1v) is 8.19. The van der Waals surface area contributed by atoms with Crippen LogP contribution in [-0.2, 0) is 14.8 Å². The van der Waals surface area contributed by atoms with Crippen molar-refractivity contribution in [3.63, 3.8) is 0 Å². The highest BCUT2D eigenvalue weighted by Crippen LogP contribution is 2.36. The fourth-order valence-electron chi connectivity index (χ4n) is 2.20. The number of rotatable bonds is 3. The minimum atomic E-state index is -4.24. The molecule has 1 saturated heterocycles. The highest BCUT2D eigenvalue weighted by Gasteiger charge is 2.45. The van der Waals surface area contributed by atoms with Crippen LogP contribution < -0.4 is 0 Å². The van der Waals surface area contributed by atoms with Crippen LogP contribution in [0.5, 0.6) is 0 Å². The van der Waals surface area contributed by atoms with E-state index in [-0.39, 0.29) is 24.0 Å². The Hall–Kier alpha value is -1.06. The standard InChI is InChI=1S/C12H12BrF2NO4S/c1-12(11(17)18)2-3-16(6-12)21(19,20)10-8(13)4-7(14)5-9(10)15/h4-5H,2-3,6H2,1H3,(H,17,18). The van der Waals surface area contributed by atoms with Gasteiger partial charge in [-0.15, -0.1) is 0 Å². The van der Waals surface area contributed by atoms with E-state index >= 15 is 0 Å². The molecule has 21 heavy (non-hydrogen) atoms. The van der Waals surface area contributed by atoms with Crippen molar-refractivity contribution < 1.29 is 27.1 Å². The Labute approximate surface area is 128 Å². The average Bonchev–Trinajstić information content (AvgIpc) is 2.72. The first-order chi connectivity index (χ1) is 9.58. The van der Waals surface area contributed by atoms with Gasteiger partial charge in [0, 0.05) is 23.6 Å². The third kappa shape index (κ3) is 2.82. The van der Waals surface area contributed by atoms with E-state index in [2.05, 4.69) is 15.9 Å². The lowest BCUT2D eigenvalue weighted by Gasteiger charge is -2.20. The van der Waals surface area contributed by atoms with Gasteiger partial charge in [-0.05, 0) is 35.3 Å². The van der Waals surface area contributed by atoms with Gasteiger partial charge in [-0.25, -0.2) is 17.2 Å². The van der Waals surface area contributed by atoms with Gasteiger partial charge in [-0.3, -0.25) is 4.79 Å². The second-order valence-electron chi connectivity index (χ2n) is 5.15. The summed E-state index contributed by atoms with van der Waals surface area (Å²) in [6.45, 7) is 1.14. The summed E-state index contributed by atoms with van der Waals surface area (Å²) in [5.74, 6) is -3.24. The quantitative estimate of drug-likeness (QED) is 0.867. The molecule has 1 aliphatic rings. The van der Waals surface area contributed by atoms with Crippen molar-refractivity contribution in [1.82, 2.24) is 4.31 Å². The molecular weight excluding hydrogens is 372 g/mol. The summed E-state index contributed by atoms with van der Waals surface area (Å²) in [6.07, 6.45) is 0.127. The summed E-state index contributed by atoms with van der Waals surface area (Å²) in [7, 11) is -4.24. The summed E-state index contributed by atoms with van der Waals surface area (Å²) in [5.41, 5.74) is -1.21. The highest BCUT2D eigenvalue weighted by molar-refractivity contribution is 9.10. The Balaban J connectivity index is 2.44. The van der Waals surface area contributed by atoms with E-state index in [1.165, 1.54) is 6.92 Å². The van der Waals surface area contributed by atoms with E-state index in [0.29, 0.717) is 6.07 Å². The summed E-state index contributed by atoms with van der Waals surface area (Å²) in [5, 5.41) is 9.12. The smallest absolute Gasteiger partial charge is 0.310 e. The van der Waals surface area contributed by atoms with E-state index in [0.717, 1.165) is 10.4 Å². The van der Waals surface area contributed by atoms with E-state index in [9.17, 15) is 22.0 Å². The minimum Gasteiger partial charge on any atom is -0.481 e. The number of benzene rings is 1. The molecule has 1 aromatic carbocycles. The van der Waals surface area contributed by atoms with E-state index in [1.807, 2.05) is 0 Å². The fourth-order valence-corrected chi connectivity index (χ4v) is 4.88. The molecule has 0 aromatic heterocycles. The van der Waals surface area contributed by atoms with Crippen molar-refractivity contribution in [2.45, 2.75) is 18.2 Å². The number of aliphatic carboxylic acids is 1. The average molecular weight is 384 g/mol. The maximum Gasteiger partial charge on any atom is 0.310 e. The molecule has 1 fully saturated rings. The number of carboxylic acids is 1. The van der Waals surface area contributed by atoms with Crippen LogP contribution >= 0.6 is 15.9 Å². The zero-order valence-electron chi connectivity index (χ0n) is 10.9. The molecule has 1 aromatic rings. The number of carbonyl (C=O) groups is 1. The lowest BCUT2D eigenvalue weighted by Crippen LogP contribution is -2.35. The number of hydrogen-bond acceptors (Lipinski definition) is 3. The van der Waals surface area contributed by atoms with Crippen molar-refractivity contribution in [2.75, 3.05) is 13.1 Å². The summed E-state index contributed by atoms with van der Waals surface area (Å²) >= 11 is 2.84. The molecule has 0 spiro atoms. The van der Waals surface area contributed by atoms with E-state index in [1.54, 1.807) is 0 Å². The van der Waals surface area contributed by atoms with E-state index in [4.69, 9.17) is 5.11 Å². The molecule has 2 rings (SSSR count). The molecule has 0 aliphatic carbocycles. The maximum atomic E-state index is 13.8. The van der Waals surface area contributed by atoms with Crippen LogP contribution in [0.2, 0.25) is 0 Å². The second-order valence-corrected chi connectivity index (χ2v) is 7.88. The maximum absolute atomic E-state index is 13.8. The molecular formula is C12H12BrF2NO4S. The zero-order chi connectivity index (χ0) is 16.0. The van der Waals surface area contributed by atoms with Gasteiger partial charge in [0.1, 0.15) is 16.5 Å². The van der Waals surface area contributed by atoms with Crippen molar-refractivity contribution in [2.24, 2.45) is 5.41 Å². The number of carboxylic acid groups (broad SMARTS) is 1. The summed E-state index contributed by atoms with van der Waals surface area (Å²) in [6, 6.07) is 1.33. The van der Waals surface area contributed by atoms with Gasteiger partial charge in [0.25, 0.3) is 0 Å². The SMILES string of the molecule is CC1(C(=O)O)CCN(S(=O)(=O)c2c(F)cc(F)cc2Br)C1. The molecule has 0 bridgehead atoms. The Morgan fingerprint density at radius 2 is 2.05 bits per heavy atom. The second kappa shape index (κ2) is 5.29. The van der Waals surface area contributed by atoms with Crippen LogP contribution in [-0.4, -0.2) is 36.9 Å². The molecule has 1 aliphatic heterocycles. The Morgan fingerprint density at radius 3 is 2.52 bits per heavy atom. The zero-order valence-corrected chi connectivity index (χ0v) is 13.3. The van der Waals surface area contributed by atoms with Crippen LogP contribution in [0, 0.1) is 17.0 Å². The number of halogens is 3. The molecule has 1 N–H and O–H groups in total. The minimum absolute atomic E-state index is 0.0333. The van der Waals surface area contributed by atoms with Gasteiger partial charge >= 0.3 is 5.97 Å². The molecule has 1 unspecified atom stereocenters. The van der Waals surface area contributed by atoms with Gasteiger partial charge in [0.15, 0.2) is 0 Å². The summed E-state index contributed by atoms with van der Waals surface area (Å²) in [4.78, 5) is 10.5. The fraction of sp³-hybridized carbons (Fsp3) is 0.417. The third-order valence-electron chi connectivity index (χ3n) is 3.52. The van der Waals surface area contributed by atoms with E-state index < -0.39 is 37.9 Å². The molecule has 0 saturated carbocycles. The van der Waals surface area contributed by atoms with Gasteiger partial charge in [0.05, 0.1) is 5.41 Å². The van der Waals surface area contributed by atoms with Crippen LogP contribution in [0.3, 0.4) is 0 Å². The Morgan fingerprint density at radius 1 is 1.43 bits per heavy atom. The van der Waals surface area contributed by atoms with Crippen molar-refractivity contribution in [1.29, 1.82) is 0 Å². The molecule has 1 heterocycles. The number of sulfonamides is 1. The van der Waals surface area contributed by atoms with Crippen LogP contribution in [0.1, 0.15) is 13.3 Å². The monoisotopic (exact) mass is 383 g/mol. The van der Waals surface area contributed by atoms with Gasteiger partial charge < -0.3 is 5.11 Å². The largest absolute Gasteiger partial charge is 0.481 e. The third-order valence-corrected chi connectivity index (χ3v) is 6.33. The first-order valence-electron chi connectivity index (χ1n) is 5.96. The number of nitrogens with zero attached hydrogens (tertiary/aromatic N) is 1. The molecule has 116 valence electrons. The topological polar surface area (TPSA) is 74.7 Å². The normalized spacial score (nSPS) is 23.4. The van der Waals surface area contributed by atoms with Gasteiger partial charge in [-0.2, -0.15) is 4.31 Å². The first kappa shape index (κ1) is 16.3. The summed E-state index contributed by atoms with van der Waals surface area (Å²) < 4.78 is 52.4. The van der Waals surface area contributed by atoms with Gasteiger partial charge in [-0.1, -0.05) is 0 Å². The van der Waals surface area contributed by atoms with Crippen molar-refractivity contribution >= 4 is 31.9 Å². The van der Waals surface area contributed by atoms with Gasteiger partial charge in [0.2, 0.25) is 10.0 Å². The lowest BCUT2D eigenvalue weighted by atomic mass is 9.90. The molecule has 0 amide bonds. The highest BCUT2D eigenvalue weighted by atomic mass is 79.9. The predicted octanol–water partition coefficient (Wildman–Crippen LogP) is 2.21. The van der Waals surface area contributed by atoms with Crippen LogP contribution in [0.4, 0.5) is 8.78 Å².